The van der Waals surface area contributed by atoms with Crippen LogP contribution in [0.4, 0.5) is 0 Å². The molecule has 2 rings (SSSR count). The van der Waals surface area contributed by atoms with Crippen molar-refractivity contribution >= 4 is 11.9 Å². The molecule has 1 aromatic heterocycles. The molecule has 0 bridgehead atoms. The zero-order chi connectivity index (χ0) is 14.5. The number of hydrogen-bond acceptors (Lipinski definition) is 4. The van der Waals surface area contributed by atoms with Crippen molar-refractivity contribution in [2.45, 2.75) is 39.3 Å². The smallest absolute Gasteiger partial charge is 0.306 e. The summed E-state index contributed by atoms with van der Waals surface area (Å²) in [7, 11) is 0. The van der Waals surface area contributed by atoms with E-state index in [1.165, 1.54) is 0 Å². The van der Waals surface area contributed by atoms with Crippen molar-refractivity contribution in [1.82, 2.24) is 9.88 Å². The molecule has 1 saturated heterocycles. The van der Waals surface area contributed by atoms with E-state index in [2.05, 4.69) is 18.8 Å². The fourth-order valence-corrected chi connectivity index (χ4v) is 2.26. The molecule has 5 heteroatoms. The van der Waals surface area contributed by atoms with Gasteiger partial charge in [-0.15, -0.1) is 0 Å². The number of esters is 1. The number of ether oxygens (including phenoxy) is 1. The molecule has 20 heavy (non-hydrogen) atoms. The van der Waals surface area contributed by atoms with Gasteiger partial charge in [0.15, 0.2) is 6.10 Å². The van der Waals surface area contributed by atoms with Crippen molar-refractivity contribution in [3.63, 3.8) is 0 Å². The minimum Gasteiger partial charge on any atom is -0.452 e. The first-order chi connectivity index (χ1) is 9.56. The minimum atomic E-state index is -0.620. The second-order valence-corrected chi connectivity index (χ2v) is 5.45. The van der Waals surface area contributed by atoms with Gasteiger partial charge in [-0.05, 0) is 18.1 Å². The Morgan fingerprint density at radius 1 is 1.50 bits per heavy atom. The van der Waals surface area contributed by atoms with E-state index in [1.54, 1.807) is 11.1 Å². The van der Waals surface area contributed by atoms with Crippen LogP contribution in [0, 0.1) is 5.92 Å². The molecule has 0 aliphatic carbocycles. The Morgan fingerprint density at radius 3 is 2.85 bits per heavy atom. The molecular weight excluding hydrogens is 256 g/mol. The first kappa shape index (κ1) is 14.5. The summed E-state index contributed by atoms with van der Waals surface area (Å²) >= 11 is 0. The molecular formula is C15H20N2O3. The SMILES string of the molecule is CC(C)CN(Cc1ccccn1)C(=O)[C@H]1CCC(=O)O1. The molecule has 0 unspecified atom stereocenters. The molecule has 108 valence electrons. The second kappa shape index (κ2) is 6.50. The predicted molar refractivity (Wildman–Crippen MR) is 73.6 cm³/mol. The Kier molecular flexibility index (Phi) is 4.71. The summed E-state index contributed by atoms with van der Waals surface area (Å²) in [5.74, 6) is -0.0550. The number of carbonyl (C=O) groups is 2. The summed E-state index contributed by atoms with van der Waals surface area (Å²) in [6.07, 6.45) is 1.90. The number of amides is 1. The van der Waals surface area contributed by atoms with E-state index in [0.717, 1.165) is 5.69 Å². The van der Waals surface area contributed by atoms with Crippen LogP contribution >= 0.6 is 0 Å². The molecule has 0 aromatic carbocycles. The number of carbonyl (C=O) groups excluding carboxylic acids is 2. The van der Waals surface area contributed by atoms with E-state index in [9.17, 15) is 9.59 Å². The third-order valence-electron chi connectivity index (χ3n) is 3.14. The van der Waals surface area contributed by atoms with Gasteiger partial charge in [0.25, 0.3) is 5.91 Å². The lowest BCUT2D eigenvalue weighted by Crippen LogP contribution is -2.40. The summed E-state index contributed by atoms with van der Waals surface area (Å²) in [5, 5.41) is 0. The van der Waals surface area contributed by atoms with Crippen molar-refractivity contribution in [2.75, 3.05) is 6.54 Å². The average Bonchev–Trinajstić information content (AvgIpc) is 2.84. The second-order valence-electron chi connectivity index (χ2n) is 5.45. The van der Waals surface area contributed by atoms with E-state index in [4.69, 9.17) is 4.74 Å². The zero-order valence-electron chi connectivity index (χ0n) is 11.9. The van der Waals surface area contributed by atoms with Crippen LogP contribution in [0.3, 0.4) is 0 Å². The third kappa shape index (κ3) is 3.79. The molecule has 5 nitrogen and oxygen atoms in total. The Hall–Kier alpha value is -1.91. The Bertz CT molecular complexity index is 473. The summed E-state index contributed by atoms with van der Waals surface area (Å²) < 4.78 is 5.07. The molecule has 0 spiro atoms. The van der Waals surface area contributed by atoms with Crippen LogP contribution in [0.25, 0.3) is 0 Å². The van der Waals surface area contributed by atoms with Crippen molar-refractivity contribution in [3.05, 3.63) is 30.1 Å². The molecule has 2 heterocycles. The van der Waals surface area contributed by atoms with Gasteiger partial charge in [0, 0.05) is 25.6 Å². The summed E-state index contributed by atoms with van der Waals surface area (Å²) in [6.45, 7) is 5.19. The number of cyclic esters (lactones) is 1. The van der Waals surface area contributed by atoms with E-state index >= 15 is 0 Å². The normalized spacial score (nSPS) is 18.1. The van der Waals surface area contributed by atoms with E-state index < -0.39 is 6.10 Å². The first-order valence-corrected chi connectivity index (χ1v) is 6.94. The molecule has 1 aliphatic heterocycles. The maximum absolute atomic E-state index is 12.5. The molecule has 0 radical (unpaired) electrons. The lowest BCUT2D eigenvalue weighted by molar-refractivity contribution is -0.153. The number of aromatic nitrogens is 1. The minimum absolute atomic E-state index is 0.116. The molecule has 0 saturated carbocycles. The first-order valence-electron chi connectivity index (χ1n) is 6.94. The number of nitrogens with zero attached hydrogens (tertiary/aromatic N) is 2. The van der Waals surface area contributed by atoms with E-state index in [-0.39, 0.29) is 11.9 Å². The Morgan fingerprint density at radius 2 is 2.30 bits per heavy atom. The van der Waals surface area contributed by atoms with Crippen molar-refractivity contribution in [2.24, 2.45) is 5.92 Å². The van der Waals surface area contributed by atoms with Crippen molar-refractivity contribution in [1.29, 1.82) is 0 Å². The molecule has 1 amide bonds. The molecule has 0 N–H and O–H groups in total. The van der Waals surface area contributed by atoms with Crippen LogP contribution in [0.5, 0.6) is 0 Å². The van der Waals surface area contributed by atoms with Gasteiger partial charge >= 0.3 is 5.97 Å². The topological polar surface area (TPSA) is 59.5 Å². The van der Waals surface area contributed by atoms with Gasteiger partial charge < -0.3 is 9.64 Å². The average molecular weight is 276 g/mol. The fourth-order valence-electron chi connectivity index (χ4n) is 2.26. The highest BCUT2D eigenvalue weighted by Gasteiger charge is 2.33. The van der Waals surface area contributed by atoms with E-state index in [0.29, 0.717) is 31.8 Å². The quantitative estimate of drug-likeness (QED) is 0.769. The number of hydrogen-bond donors (Lipinski definition) is 0. The van der Waals surface area contributed by atoms with Crippen LogP contribution < -0.4 is 0 Å². The Labute approximate surface area is 118 Å². The maximum Gasteiger partial charge on any atom is 0.306 e. The maximum atomic E-state index is 12.5. The van der Waals surface area contributed by atoms with Gasteiger partial charge in [-0.2, -0.15) is 0 Å². The summed E-state index contributed by atoms with van der Waals surface area (Å²) in [6, 6.07) is 5.63. The highest BCUT2D eigenvalue weighted by Crippen LogP contribution is 2.18. The zero-order valence-corrected chi connectivity index (χ0v) is 11.9. The van der Waals surface area contributed by atoms with Crippen LogP contribution in [-0.4, -0.2) is 34.4 Å². The van der Waals surface area contributed by atoms with Crippen molar-refractivity contribution in [3.8, 4) is 0 Å². The van der Waals surface area contributed by atoms with Crippen molar-refractivity contribution < 1.29 is 14.3 Å². The van der Waals surface area contributed by atoms with Crippen LogP contribution in [-0.2, 0) is 20.9 Å². The van der Waals surface area contributed by atoms with Crippen LogP contribution in [0.15, 0.2) is 24.4 Å². The molecule has 1 atom stereocenters. The largest absolute Gasteiger partial charge is 0.452 e. The number of rotatable bonds is 5. The van der Waals surface area contributed by atoms with Crippen LogP contribution in [0.1, 0.15) is 32.4 Å². The van der Waals surface area contributed by atoms with E-state index in [1.807, 2.05) is 18.2 Å². The summed E-state index contributed by atoms with van der Waals surface area (Å²) in [4.78, 5) is 29.6. The van der Waals surface area contributed by atoms with Gasteiger partial charge in [0.2, 0.25) is 0 Å². The third-order valence-corrected chi connectivity index (χ3v) is 3.14. The highest BCUT2D eigenvalue weighted by atomic mass is 16.6. The van der Waals surface area contributed by atoms with Gasteiger partial charge in [-0.25, -0.2) is 0 Å². The lowest BCUT2D eigenvalue weighted by atomic mass is 10.1. The lowest BCUT2D eigenvalue weighted by Gasteiger charge is -2.26. The monoisotopic (exact) mass is 276 g/mol. The Balaban J connectivity index is 2.06. The van der Waals surface area contributed by atoms with Gasteiger partial charge in [0.05, 0.1) is 12.2 Å². The molecule has 1 aromatic rings. The highest BCUT2D eigenvalue weighted by molar-refractivity contribution is 5.86. The standard InChI is InChI=1S/C15H20N2O3/c1-11(2)9-17(10-12-5-3-4-8-16-12)15(19)13-6-7-14(18)20-13/h3-5,8,11,13H,6-7,9-10H2,1-2H3/t13-/m1/s1. The molecule has 1 aliphatic rings. The predicted octanol–water partition coefficient (Wildman–Crippen LogP) is 1.77. The summed E-state index contributed by atoms with van der Waals surface area (Å²) in [5.41, 5.74) is 0.839. The molecule has 1 fully saturated rings. The van der Waals surface area contributed by atoms with Crippen LogP contribution in [0.2, 0.25) is 0 Å². The van der Waals surface area contributed by atoms with Gasteiger partial charge in [-0.3, -0.25) is 14.6 Å². The van der Waals surface area contributed by atoms with Gasteiger partial charge in [-0.1, -0.05) is 19.9 Å². The van der Waals surface area contributed by atoms with Gasteiger partial charge in [0.1, 0.15) is 0 Å². The fraction of sp³-hybridized carbons (Fsp3) is 0.533. The number of pyridine rings is 1.